The van der Waals surface area contributed by atoms with E-state index in [-0.39, 0.29) is 17.9 Å². The van der Waals surface area contributed by atoms with Crippen LogP contribution in [-0.4, -0.2) is 90.4 Å². The Kier molecular flexibility index (Phi) is 15.5. The van der Waals surface area contributed by atoms with Gasteiger partial charge < -0.3 is 40.1 Å². The minimum absolute atomic E-state index is 0.0734. The van der Waals surface area contributed by atoms with Gasteiger partial charge in [0.1, 0.15) is 12.2 Å². The van der Waals surface area contributed by atoms with Gasteiger partial charge in [-0.1, -0.05) is 79.6 Å². The van der Waals surface area contributed by atoms with Crippen LogP contribution in [0.4, 0.5) is 0 Å². The number of alkyl halides is 1. The number of allylic oxidation sites excluding steroid dienone is 9. The first kappa shape index (κ1) is 37.9. The fraction of sp³-hybridized carbons (Fsp3) is 0.562. The van der Waals surface area contributed by atoms with E-state index in [1.165, 1.54) is 18.2 Å². The molecule has 10 nitrogen and oxygen atoms in total. The fourth-order valence-corrected chi connectivity index (χ4v) is 5.27. The smallest absolute Gasteiger partial charge is 0.331 e. The van der Waals surface area contributed by atoms with Gasteiger partial charge in [0, 0.05) is 29.9 Å². The number of hydrogen-bond acceptors (Lipinski definition) is 9. The molecule has 246 valence electrons. The van der Waals surface area contributed by atoms with E-state index in [0.29, 0.717) is 12.8 Å². The maximum absolute atomic E-state index is 12.1. The monoisotopic (exact) mass is 658 g/mol. The van der Waals surface area contributed by atoms with E-state index >= 15 is 0 Å². The van der Waals surface area contributed by atoms with Gasteiger partial charge in [0.25, 0.3) is 0 Å². The number of aliphatic carboxylic acids is 1. The number of aliphatic hydroxyl groups is 5. The molecular weight excluding hydrogens is 615 g/mol. The topological polar surface area (TPSA) is 174 Å². The van der Waals surface area contributed by atoms with Crippen LogP contribution in [0.2, 0.25) is 0 Å². The van der Waals surface area contributed by atoms with Gasteiger partial charge >= 0.3 is 11.9 Å². The Hall–Kier alpha value is -2.28. The molecule has 1 aliphatic heterocycles. The zero-order valence-corrected chi connectivity index (χ0v) is 26.6. The summed E-state index contributed by atoms with van der Waals surface area (Å²) in [6, 6.07) is 0. The summed E-state index contributed by atoms with van der Waals surface area (Å²) >= 11 is 12.6. The number of rotatable bonds is 13. The van der Waals surface area contributed by atoms with Crippen LogP contribution in [0.1, 0.15) is 52.9 Å². The summed E-state index contributed by atoms with van der Waals surface area (Å²) in [7, 11) is 0. The summed E-state index contributed by atoms with van der Waals surface area (Å²) in [4.78, 5) is 23.2. The number of carboxylic acid groups (broad SMARTS) is 1. The largest absolute Gasteiger partial charge is 0.481 e. The maximum Gasteiger partial charge on any atom is 0.331 e. The lowest BCUT2D eigenvalue weighted by molar-refractivity contribution is -0.316. The maximum atomic E-state index is 12.1. The molecule has 6 N–H and O–H groups in total. The summed E-state index contributed by atoms with van der Waals surface area (Å²) in [6.07, 6.45) is 9.83. The van der Waals surface area contributed by atoms with Crippen LogP contribution in [0.15, 0.2) is 71.4 Å². The summed E-state index contributed by atoms with van der Waals surface area (Å²) in [5.74, 6) is -5.33. The molecule has 1 aliphatic carbocycles. The number of hydrogen-bond donors (Lipinski definition) is 6. The number of esters is 1. The number of aliphatic hydroxyl groups excluding tert-OH is 4. The van der Waals surface area contributed by atoms with Crippen molar-refractivity contribution in [1.82, 2.24) is 0 Å². The van der Waals surface area contributed by atoms with E-state index in [0.717, 1.165) is 5.57 Å². The van der Waals surface area contributed by atoms with Gasteiger partial charge in [-0.3, -0.25) is 4.79 Å². The predicted octanol–water partition coefficient (Wildman–Crippen LogP) is 3.65. The highest BCUT2D eigenvalue weighted by Crippen LogP contribution is 2.36. The molecule has 10 unspecified atom stereocenters. The van der Waals surface area contributed by atoms with Crippen LogP contribution >= 0.6 is 23.2 Å². The number of ether oxygens (including phenoxy) is 2. The molecule has 44 heavy (non-hydrogen) atoms. The number of carboxylic acids is 1. The van der Waals surface area contributed by atoms with Crippen molar-refractivity contribution in [3.05, 3.63) is 71.4 Å². The Bertz CT molecular complexity index is 1150. The first-order chi connectivity index (χ1) is 20.7. The number of carbonyl (C=O) groups is 2. The van der Waals surface area contributed by atoms with Crippen LogP contribution in [-0.2, 0) is 19.1 Å². The van der Waals surface area contributed by atoms with E-state index in [1.807, 2.05) is 13.8 Å². The van der Waals surface area contributed by atoms with E-state index in [2.05, 4.69) is 0 Å². The molecule has 0 bridgehead atoms. The van der Waals surface area contributed by atoms with Gasteiger partial charge in [-0.25, -0.2) is 4.79 Å². The van der Waals surface area contributed by atoms with E-state index in [9.17, 15) is 35.1 Å². The molecular formula is C32H44Cl2O10. The molecule has 2 fully saturated rings. The van der Waals surface area contributed by atoms with Crippen LogP contribution < -0.4 is 0 Å². The van der Waals surface area contributed by atoms with Gasteiger partial charge in [0.2, 0.25) is 0 Å². The lowest BCUT2D eigenvalue weighted by Crippen LogP contribution is -2.61. The van der Waals surface area contributed by atoms with Crippen molar-refractivity contribution in [3.63, 3.8) is 0 Å². The molecule has 10 atom stereocenters. The molecule has 1 saturated carbocycles. The minimum Gasteiger partial charge on any atom is -0.481 e. The predicted molar refractivity (Wildman–Crippen MR) is 167 cm³/mol. The van der Waals surface area contributed by atoms with Crippen molar-refractivity contribution < 1.29 is 49.7 Å². The van der Waals surface area contributed by atoms with E-state index in [1.54, 1.807) is 49.5 Å². The number of carbonyl (C=O) groups excluding carboxylic acids is 1. The molecule has 2 rings (SSSR count). The summed E-state index contributed by atoms with van der Waals surface area (Å²) < 4.78 is 10.8. The van der Waals surface area contributed by atoms with Crippen LogP contribution in [0.3, 0.4) is 0 Å². The molecule has 0 aromatic carbocycles. The number of halogens is 2. The third-order valence-corrected chi connectivity index (χ3v) is 8.63. The van der Waals surface area contributed by atoms with Crippen molar-refractivity contribution in [3.8, 4) is 0 Å². The quantitative estimate of drug-likeness (QED) is 0.0563. The van der Waals surface area contributed by atoms with Crippen molar-refractivity contribution >= 4 is 35.1 Å². The highest BCUT2D eigenvalue weighted by atomic mass is 35.5. The van der Waals surface area contributed by atoms with Crippen molar-refractivity contribution in [1.29, 1.82) is 0 Å². The van der Waals surface area contributed by atoms with Crippen molar-refractivity contribution in [2.45, 2.75) is 101 Å². The molecule has 2 aliphatic rings. The SMILES string of the molecule is CCC=CC1OC(O)(C(O)C(O)C(C)C(Cl)=CC=CC=C(C)C=CC=CC(=O)OC2CC(C(=O)O)CCC2O)CC(O)C1Cl. The van der Waals surface area contributed by atoms with E-state index in [4.69, 9.17) is 37.8 Å². The standard InChI is InChI=1S/C32H44Cl2O10/c1-4-5-13-25-28(34)24(36)18-32(42,44-25)30(39)29(38)20(3)22(33)12-8-6-10-19(2)11-7-9-14-27(37)43-26-17-21(31(40)41)15-16-23(26)35/h5-14,20-21,23-26,28-30,35-36,38-39,42H,4,15-18H2,1-3H3,(H,40,41). The van der Waals surface area contributed by atoms with Crippen LogP contribution in [0.5, 0.6) is 0 Å². The van der Waals surface area contributed by atoms with Crippen molar-refractivity contribution in [2.75, 3.05) is 0 Å². The molecule has 1 heterocycles. The molecule has 1 saturated heterocycles. The zero-order chi connectivity index (χ0) is 33.0. The third kappa shape index (κ3) is 11.3. The molecule has 0 spiro atoms. The summed E-state index contributed by atoms with van der Waals surface area (Å²) in [5, 5.41) is 61.4. The third-order valence-electron chi connectivity index (χ3n) is 7.62. The van der Waals surface area contributed by atoms with Crippen LogP contribution in [0.25, 0.3) is 0 Å². The Morgan fingerprint density at radius 2 is 1.73 bits per heavy atom. The van der Waals surface area contributed by atoms with Gasteiger partial charge in [-0.05, 0) is 32.3 Å². The average Bonchev–Trinajstić information content (AvgIpc) is 2.98. The molecule has 0 aromatic rings. The summed E-state index contributed by atoms with van der Waals surface area (Å²) in [6.45, 7) is 5.29. The molecule has 0 amide bonds. The molecule has 12 heteroatoms. The summed E-state index contributed by atoms with van der Waals surface area (Å²) in [5.41, 5.74) is 0.818. The normalized spacial score (nSPS) is 32.9. The Morgan fingerprint density at radius 1 is 1.07 bits per heavy atom. The highest BCUT2D eigenvalue weighted by molar-refractivity contribution is 6.30. The average molecular weight is 660 g/mol. The second kappa shape index (κ2) is 18.0. The van der Waals surface area contributed by atoms with Crippen LogP contribution in [0, 0.1) is 11.8 Å². The minimum atomic E-state index is -2.24. The second-order valence-corrected chi connectivity index (χ2v) is 12.1. The van der Waals surface area contributed by atoms with Gasteiger partial charge in [0.05, 0.1) is 35.7 Å². The Labute approximate surface area is 268 Å². The fourth-order valence-electron chi connectivity index (χ4n) is 4.85. The molecule has 0 aromatic heterocycles. The second-order valence-electron chi connectivity index (χ2n) is 11.2. The van der Waals surface area contributed by atoms with Crippen molar-refractivity contribution in [2.24, 2.45) is 11.8 Å². The lowest BCUT2D eigenvalue weighted by atomic mass is 9.85. The Morgan fingerprint density at radius 3 is 2.39 bits per heavy atom. The van der Waals surface area contributed by atoms with Gasteiger partial charge in [0.15, 0.2) is 5.79 Å². The Balaban J connectivity index is 1.90. The first-order valence-electron chi connectivity index (χ1n) is 14.6. The highest BCUT2D eigenvalue weighted by Gasteiger charge is 2.51. The van der Waals surface area contributed by atoms with Gasteiger partial charge in [-0.2, -0.15) is 0 Å². The zero-order valence-electron chi connectivity index (χ0n) is 25.1. The first-order valence-corrected chi connectivity index (χ1v) is 15.4. The van der Waals surface area contributed by atoms with Gasteiger partial charge in [-0.15, -0.1) is 11.6 Å². The molecule has 0 radical (unpaired) electrons. The lowest BCUT2D eigenvalue weighted by Gasteiger charge is -2.45. The van der Waals surface area contributed by atoms with E-state index < -0.39 is 78.0 Å².